The van der Waals surface area contributed by atoms with Crippen molar-refractivity contribution in [1.29, 1.82) is 0 Å². The van der Waals surface area contributed by atoms with Gasteiger partial charge in [0.2, 0.25) is 0 Å². The van der Waals surface area contributed by atoms with Gasteiger partial charge in [0.15, 0.2) is 0 Å². The summed E-state index contributed by atoms with van der Waals surface area (Å²) in [6, 6.07) is 9.41. The zero-order chi connectivity index (χ0) is 12.8. The van der Waals surface area contributed by atoms with Crippen molar-refractivity contribution < 1.29 is 4.79 Å². The standard InChI is InChI=1S/C13H12ClN3O/c14-7-10-2-1-3-11(6-10)8-15-13(18)12-4-5-16-17-9-12/h1-6,9H,7-8H2,(H,15,18). The predicted molar refractivity (Wildman–Crippen MR) is 69.2 cm³/mol. The van der Waals surface area contributed by atoms with Gasteiger partial charge >= 0.3 is 0 Å². The van der Waals surface area contributed by atoms with Crippen molar-refractivity contribution in [1.82, 2.24) is 15.5 Å². The van der Waals surface area contributed by atoms with Crippen LogP contribution in [0.2, 0.25) is 0 Å². The lowest BCUT2D eigenvalue weighted by Gasteiger charge is -2.06. The maximum Gasteiger partial charge on any atom is 0.253 e. The molecule has 4 nitrogen and oxygen atoms in total. The maximum atomic E-state index is 11.8. The Kier molecular flexibility index (Phi) is 4.25. The van der Waals surface area contributed by atoms with Gasteiger partial charge in [0.25, 0.3) is 5.91 Å². The minimum atomic E-state index is -0.166. The Balaban J connectivity index is 1.97. The van der Waals surface area contributed by atoms with Gasteiger partial charge in [-0.3, -0.25) is 4.79 Å². The summed E-state index contributed by atoms with van der Waals surface area (Å²) in [5.74, 6) is 0.303. The maximum absolute atomic E-state index is 11.8. The van der Waals surface area contributed by atoms with Crippen molar-refractivity contribution in [3.8, 4) is 0 Å². The summed E-state index contributed by atoms with van der Waals surface area (Å²) in [6.45, 7) is 0.464. The molecular weight excluding hydrogens is 250 g/mol. The summed E-state index contributed by atoms with van der Waals surface area (Å²) in [5, 5.41) is 10.1. The van der Waals surface area contributed by atoms with Gasteiger partial charge in [-0.1, -0.05) is 24.3 Å². The van der Waals surface area contributed by atoms with Gasteiger partial charge < -0.3 is 5.32 Å². The molecule has 0 bridgehead atoms. The average molecular weight is 262 g/mol. The number of hydrogen-bond donors (Lipinski definition) is 1. The highest BCUT2D eigenvalue weighted by Gasteiger charge is 2.04. The first-order valence-electron chi connectivity index (χ1n) is 5.48. The van der Waals surface area contributed by atoms with Crippen LogP contribution in [0.5, 0.6) is 0 Å². The second-order valence-electron chi connectivity index (χ2n) is 3.77. The lowest BCUT2D eigenvalue weighted by atomic mass is 10.1. The lowest BCUT2D eigenvalue weighted by molar-refractivity contribution is 0.0950. The van der Waals surface area contributed by atoms with E-state index in [0.717, 1.165) is 11.1 Å². The number of halogens is 1. The predicted octanol–water partition coefficient (Wildman–Crippen LogP) is 2.15. The fraction of sp³-hybridized carbons (Fsp3) is 0.154. The first kappa shape index (κ1) is 12.5. The number of nitrogens with one attached hydrogen (secondary N) is 1. The van der Waals surface area contributed by atoms with Crippen LogP contribution in [-0.2, 0) is 12.4 Å². The molecule has 1 aromatic carbocycles. The zero-order valence-electron chi connectivity index (χ0n) is 9.64. The van der Waals surface area contributed by atoms with Crippen LogP contribution >= 0.6 is 11.6 Å². The van der Waals surface area contributed by atoms with E-state index in [0.29, 0.717) is 18.0 Å². The van der Waals surface area contributed by atoms with Crippen LogP contribution in [-0.4, -0.2) is 16.1 Å². The number of hydrogen-bond acceptors (Lipinski definition) is 3. The molecule has 0 saturated carbocycles. The monoisotopic (exact) mass is 261 g/mol. The summed E-state index contributed by atoms with van der Waals surface area (Å²) < 4.78 is 0. The molecule has 1 aromatic heterocycles. The molecule has 0 radical (unpaired) electrons. The number of amides is 1. The molecule has 0 spiro atoms. The number of benzene rings is 1. The fourth-order valence-corrected chi connectivity index (χ4v) is 1.70. The number of rotatable bonds is 4. The van der Waals surface area contributed by atoms with E-state index in [1.165, 1.54) is 12.4 Å². The molecule has 5 heteroatoms. The Bertz CT molecular complexity index is 531. The van der Waals surface area contributed by atoms with E-state index in [2.05, 4.69) is 15.5 Å². The van der Waals surface area contributed by atoms with Crippen molar-refractivity contribution in [3.63, 3.8) is 0 Å². The van der Waals surface area contributed by atoms with E-state index >= 15 is 0 Å². The highest BCUT2D eigenvalue weighted by atomic mass is 35.5. The highest BCUT2D eigenvalue weighted by Crippen LogP contribution is 2.07. The Morgan fingerprint density at radius 3 is 2.78 bits per heavy atom. The number of aromatic nitrogens is 2. The van der Waals surface area contributed by atoms with Crippen molar-refractivity contribution in [2.75, 3.05) is 0 Å². The SMILES string of the molecule is O=C(NCc1cccc(CCl)c1)c1ccnnc1. The second kappa shape index (κ2) is 6.12. The molecule has 1 amide bonds. The third kappa shape index (κ3) is 3.28. The zero-order valence-corrected chi connectivity index (χ0v) is 10.4. The minimum absolute atomic E-state index is 0.166. The summed E-state index contributed by atoms with van der Waals surface area (Å²) >= 11 is 5.75. The highest BCUT2D eigenvalue weighted by molar-refractivity contribution is 6.17. The van der Waals surface area contributed by atoms with Gasteiger partial charge in [-0.25, -0.2) is 0 Å². The van der Waals surface area contributed by atoms with Gasteiger partial charge in [-0.15, -0.1) is 11.6 Å². The van der Waals surface area contributed by atoms with E-state index in [1.807, 2.05) is 24.3 Å². The summed E-state index contributed by atoms with van der Waals surface area (Å²) in [5.41, 5.74) is 2.55. The Morgan fingerprint density at radius 1 is 1.22 bits per heavy atom. The molecule has 0 saturated heterocycles. The van der Waals surface area contributed by atoms with Crippen LogP contribution in [0.3, 0.4) is 0 Å². The quantitative estimate of drug-likeness (QED) is 0.858. The lowest BCUT2D eigenvalue weighted by Crippen LogP contribution is -2.23. The van der Waals surface area contributed by atoms with Gasteiger partial charge in [-0.05, 0) is 17.2 Å². The number of nitrogens with zero attached hydrogens (tertiary/aromatic N) is 2. The smallest absolute Gasteiger partial charge is 0.253 e. The number of alkyl halides is 1. The molecule has 0 fully saturated rings. The first-order valence-corrected chi connectivity index (χ1v) is 6.02. The van der Waals surface area contributed by atoms with E-state index < -0.39 is 0 Å². The van der Waals surface area contributed by atoms with Crippen molar-refractivity contribution in [2.24, 2.45) is 0 Å². The molecule has 92 valence electrons. The molecule has 0 aliphatic rings. The third-order valence-corrected chi connectivity index (χ3v) is 2.75. The molecule has 0 unspecified atom stereocenters. The second-order valence-corrected chi connectivity index (χ2v) is 4.03. The Hall–Kier alpha value is -1.94. The summed E-state index contributed by atoms with van der Waals surface area (Å²) in [7, 11) is 0. The molecule has 2 aromatic rings. The molecule has 1 N–H and O–H groups in total. The molecule has 18 heavy (non-hydrogen) atoms. The molecular formula is C13H12ClN3O. The van der Waals surface area contributed by atoms with Crippen LogP contribution in [0.4, 0.5) is 0 Å². The topological polar surface area (TPSA) is 54.9 Å². The Labute approximate surface area is 110 Å². The van der Waals surface area contributed by atoms with Crippen molar-refractivity contribution in [2.45, 2.75) is 12.4 Å². The van der Waals surface area contributed by atoms with Crippen molar-refractivity contribution >= 4 is 17.5 Å². The van der Waals surface area contributed by atoms with E-state index in [-0.39, 0.29) is 5.91 Å². The van der Waals surface area contributed by atoms with Gasteiger partial charge in [0.1, 0.15) is 0 Å². The van der Waals surface area contributed by atoms with Crippen molar-refractivity contribution in [3.05, 3.63) is 59.4 Å². The average Bonchev–Trinajstić information content (AvgIpc) is 2.46. The normalized spacial score (nSPS) is 10.1. The van der Waals surface area contributed by atoms with E-state index in [9.17, 15) is 4.79 Å². The largest absolute Gasteiger partial charge is 0.348 e. The van der Waals surface area contributed by atoms with Gasteiger partial charge in [0, 0.05) is 12.4 Å². The van der Waals surface area contributed by atoms with Crippen LogP contribution in [0.1, 0.15) is 21.5 Å². The van der Waals surface area contributed by atoms with Crippen LogP contribution in [0.15, 0.2) is 42.7 Å². The third-order valence-electron chi connectivity index (χ3n) is 2.45. The molecule has 2 rings (SSSR count). The van der Waals surface area contributed by atoms with Crippen LogP contribution in [0.25, 0.3) is 0 Å². The van der Waals surface area contributed by atoms with E-state index in [1.54, 1.807) is 6.07 Å². The molecule has 0 aliphatic heterocycles. The Morgan fingerprint density at radius 2 is 2.06 bits per heavy atom. The van der Waals surface area contributed by atoms with Gasteiger partial charge in [0.05, 0.1) is 18.0 Å². The summed E-state index contributed by atoms with van der Waals surface area (Å²) in [4.78, 5) is 11.8. The molecule has 1 heterocycles. The number of carbonyl (C=O) groups excluding carboxylic acids is 1. The molecule has 0 atom stereocenters. The van der Waals surface area contributed by atoms with Crippen LogP contribution in [0, 0.1) is 0 Å². The first-order chi connectivity index (χ1) is 8.79. The van der Waals surface area contributed by atoms with Gasteiger partial charge in [-0.2, -0.15) is 10.2 Å². The number of carbonyl (C=O) groups is 1. The minimum Gasteiger partial charge on any atom is -0.348 e. The molecule has 0 aliphatic carbocycles. The van der Waals surface area contributed by atoms with E-state index in [4.69, 9.17) is 11.6 Å². The fourth-order valence-electron chi connectivity index (χ4n) is 1.53. The van der Waals surface area contributed by atoms with Crippen LogP contribution < -0.4 is 5.32 Å². The summed E-state index contributed by atoms with van der Waals surface area (Å²) in [6.07, 6.45) is 2.92.